The van der Waals surface area contributed by atoms with E-state index >= 15 is 0 Å². The Morgan fingerprint density at radius 1 is 1.78 bits per heavy atom. The van der Waals surface area contributed by atoms with Crippen LogP contribution in [0.15, 0.2) is 0 Å². The molecule has 0 heterocycles. The van der Waals surface area contributed by atoms with Crippen molar-refractivity contribution in [3.63, 3.8) is 0 Å². The van der Waals surface area contributed by atoms with Gasteiger partial charge in [-0.2, -0.15) is 0 Å². The third-order valence-electron chi connectivity index (χ3n) is 0.830. The molecule has 0 amide bonds. The second-order valence-corrected chi connectivity index (χ2v) is 2.12. The predicted molar refractivity (Wildman–Crippen MR) is 29.6 cm³/mol. The van der Waals surface area contributed by atoms with Gasteiger partial charge in [0.2, 0.25) is 0 Å². The van der Waals surface area contributed by atoms with E-state index in [1.807, 2.05) is 0 Å². The number of carboxylic acids is 1. The van der Waals surface area contributed by atoms with Crippen molar-refractivity contribution in [1.29, 1.82) is 0 Å². The highest BCUT2D eigenvalue weighted by molar-refractivity contribution is 7.23. The molecule has 0 saturated carbocycles. The molecule has 0 spiro atoms. The number of carboxylic acid groups (broad SMARTS) is 1. The maximum atomic E-state index is 11.6. The Balaban J connectivity index is 3.67. The van der Waals surface area contributed by atoms with Gasteiger partial charge in [0.15, 0.2) is 8.46 Å². The highest BCUT2D eigenvalue weighted by atomic mass is 31.1. The number of rotatable bonds is 4. The second kappa shape index (κ2) is 4.39. The molecule has 1 N–H and O–H groups in total. The first-order chi connectivity index (χ1) is 4.22. The summed E-state index contributed by atoms with van der Waals surface area (Å²) in [6.07, 6.45) is -0.147. The fourth-order valence-corrected chi connectivity index (χ4v) is 0.717. The van der Waals surface area contributed by atoms with Crippen LogP contribution in [0.4, 0.5) is 4.39 Å². The van der Waals surface area contributed by atoms with Crippen LogP contribution in [0.2, 0.25) is 0 Å². The van der Waals surface area contributed by atoms with Crippen LogP contribution in [0.25, 0.3) is 0 Å². The van der Waals surface area contributed by atoms with Gasteiger partial charge in [-0.3, -0.25) is 13.8 Å². The summed E-state index contributed by atoms with van der Waals surface area (Å²) in [6.45, 7) is -0.954. The van der Waals surface area contributed by atoms with Crippen LogP contribution < -0.4 is 0 Å². The van der Waals surface area contributed by atoms with Crippen molar-refractivity contribution in [3.8, 4) is 0 Å². The van der Waals surface area contributed by atoms with Gasteiger partial charge in [-0.1, -0.05) is 0 Å². The van der Waals surface area contributed by atoms with Gasteiger partial charge in [0.25, 0.3) is 0 Å². The van der Waals surface area contributed by atoms with E-state index in [-0.39, 0.29) is 14.6 Å². The van der Waals surface area contributed by atoms with Gasteiger partial charge in [-0.05, 0) is 0 Å². The van der Waals surface area contributed by atoms with Crippen molar-refractivity contribution in [2.24, 2.45) is 5.92 Å². The summed E-state index contributed by atoms with van der Waals surface area (Å²) in [7, 11) is -0.321. The standard InChI is InChI=1S/C4H6FO3P/c5-1-3(2-9-8)4(6)7/h3H,1-2H2,(H,6,7). The predicted octanol–water partition coefficient (Wildman–Crippen LogP) is 0.948. The molecule has 5 heteroatoms. The van der Waals surface area contributed by atoms with E-state index < -0.39 is 18.6 Å². The van der Waals surface area contributed by atoms with Crippen LogP contribution in [0.3, 0.4) is 0 Å². The van der Waals surface area contributed by atoms with Gasteiger partial charge < -0.3 is 5.11 Å². The molecule has 0 aliphatic carbocycles. The molecule has 0 aromatic heterocycles. The number of hydrogen-bond acceptors (Lipinski definition) is 2. The largest absolute Gasteiger partial charge is 0.481 e. The molecule has 1 unspecified atom stereocenters. The SMILES string of the molecule is O=PCC(CF)C(=O)O. The molecule has 0 fully saturated rings. The highest BCUT2D eigenvalue weighted by Crippen LogP contribution is 2.05. The molecule has 9 heavy (non-hydrogen) atoms. The molecular weight excluding hydrogens is 146 g/mol. The average molecular weight is 152 g/mol. The van der Waals surface area contributed by atoms with Crippen molar-refractivity contribution < 1.29 is 18.9 Å². The molecule has 52 valence electrons. The molecule has 0 aliphatic rings. The summed E-state index contributed by atoms with van der Waals surface area (Å²) in [5, 5.41) is 8.12. The van der Waals surface area contributed by atoms with E-state index in [9.17, 15) is 13.8 Å². The Kier molecular flexibility index (Phi) is 4.14. The summed E-state index contributed by atoms with van der Waals surface area (Å²) < 4.78 is 21.3. The second-order valence-electron chi connectivity index (χ2n) is 1.50. The Morgan fingerprint density at radius 2 is 2.33 bits per heavy atom. The van der Waals surface area contributed by atoms with E-state index in [0.717, 1.165) is 0 Å². The van der Waals surface area contributed by atoms with Gasteiger partial charge in [0, 0.05) is 6.16 Å². The maximum Gasteiger partial charge on any atom is 0.309 e. The van der Waals surface area contributed by atoms with Gasteiger partial charge in [0.1, 0.15) is 6.67 Å². The molecule has 0 bridgehead atoms. The normalized spacial score (nSPS) is 13.4. The third kappa shape index (κ3) is 3.14. The third-order valence-corrected chi connectivity index (χ3v) is 1.42. The first kappa shape index (κ1) is 8.50. The molecular formula is C4H6FO3P. The molecule has 1 atom stereocenters. The van der Waals surface area contributed by atoms with Crippen molar-refractivity contribution in [2.75, 3.05) is 12.8 Å². The number of hydrogen-bond donors (Lipinski definition) is 1. The zero-order chi connectivity index (χ0) is 7.28. The van der Waals surface area contributed by atoms with Crippen LogP contribution in [0.1, 0.15) is 0 Å². The molecule has 0 aromatic carbocycles. The van der Waals surface area contributed by atoms with E-state index in [1.165, 1.54) is 0 Å². The van der Waals surface area contributed by atoms with Crippen LogP contribution in [0.5, 0.6) is 0 Å². The lowest BCUT2D eigenvalue weighted by Crippen LogP contribution is -2.16. The first-order valence-corrected chi connectivity index (χ1v) is 3.30. The summed E-state index contributed by atoms with van der Waals surface area (Å²) >= 11 is 0. The van der Waals surface area contributed by atoms with Crippen molar-refractivity contribution in [2.45, 2.75) is 0 Å². The molecule has 0 aliphatic heterocycles. The van der Waals surface area contributed by atoms with E-state index in [0.29, 0.717) is 0 Å². The number of carbonyl (C=O) groups is 1. The lowest BCUT2D eigenvalue weighted by Gasteiger charge is -1.98. The lowest BCUT2D eigenvalue weighted by molar-refractivity contribution is -0.141. The Hall–Kier alpha value is -0.500. The van der Waals surface area contributed by atoms with Gasteiger partial charge >= 0.3 is 5.97 Å². The highest BCUT2D eigenvalue weighted by Gasteiger charge is 2.16. The summed E-state index contributed by atoms with van der Waals surface area (Å²) in [6, 6.07) is 0. The molecule has 0 rings (SSSR count). The maximum absolute atomic E-state index is 11.6. The van der Waals surface area contributed by atoms with Gasteiger partial charge in [0.05, 0.1) is 5.92 Å². The molecule has 0 aromatic rings. The fraction of sp³-hybridized carbons (Fsp3) is 0.750. The number of halogens is 1. The Labute approximate surface area is 53.1 Å². The summed E-state index contributed by atoms with van der Waals surface area (Å²) in [5.41, 5.74) is 0. The van der Waals surface area contributed by atoms with E-state index in [2.05, 4.69) is 0 Å². The van der Waals surface area contributed by atoms with Crippen LogP contribution in [0, 0.1) is 5.92 Å². The van der Waals surface area contributed by atoms with Crippen molar-refractivity contribution in [3.05, 3.63) is 0 Å². The van der Waals surface area contributed by atoms with Crippen LogP contribution >= 0.6 is 8.46 Å². The average Bonchev–Trinajstić information content (AvgIpc) is 1.82. The van der Waals surface area contributed by atoms with Gasteiger partial charge in [-0.15, -0.1) is 0 Å². The van der Waals surface area contributed by atoms with E-state index in [4.69, 9.17) is 5.11 Å². The minimum Gasteiger partial charge on any atom is -0.481 e. The van der Waals surface area contributed by atoms with E-state index in [1.54, 1.807) is 0 Å². The van der Waals surface area contributed by atoms with Crippen molar-refractivity contribution >= 4 is 14.4 Å². The smallest absolute Gasteiger partial charge is 0.309 e. The van der Waals surface area contributed by atoms with Crippen LogP contribution in [-0.2, 0) is 9.36 Å². The topological polar surface area (TPSA) is 54.4 Å². The minimum atomic E-state index is -1.24. The molecule has 0 radical (unpaired) electrons. The Bertz CT molecular complexity index is 116. The van der Waals surface area contributed by atoms with Crippen LogP contribution in [-0.4, -0.2) is 23.9 Å². The summed E-state index contributed by atoms with van der Waals surface area (Å²) in [5.74, 6) is -2.34. The van der Waals surface area contributed by atoms with Crippen molar-refractivity contribution in [1.82, 2.24) is 0 Å². The first-order valence-electron chi connectivity index (χ1n) is 2.30. The lowest BCUT2D eigenvalue weighted by atomic mass is 10.2. The minimum absolute atomic E-state index is 0.147. The Morgan fingerprint density at radius 3 is 2.44 bits per heavy atom. The number of alkyl halides is 1. The molecule has 0 saturated heterocycles. The summed E-state index contributed by atoms with van der Waals surface area (Å²) in [4.78, 5) is 9.94. The fourth-order valence-electron chi connectivity index (χ4n) is 0.283. The molecule has 3 nitrogen and oxygen atoms in total. The zero-order valence-electron chi connectivity index (χ0n) is 4.58. The monoisotopic (exact) mass is 152 g/mol. The quantitative estimate of drug-likeness (QED) is 0.610. The van der Waals surface area contributed by atoms with Gasteiger partial charge in [-0.25, -0.2) is 0 Å². The number of aliphatic carboxylic acids is 1. The zero-order valence-corrected chi connectivity index (χ0v) is 5.47.